The second-order valence-corrected chi connectivity index (χ2v) is 19.7. The number of rotatable bonds is 9. The summed E-state index contributed by atoms with van der Waals surface area (Å²) >= 11 is 6.27. The number of nitrogens with one attached hydrogen (secondary N) is 2. The molecule has 11 nitrogen and oxygen atoms in total. The number of aryl methyl sites for hydroxylation is 1. The number of pyridine rings is 1. The molecule has 2 N–H and O–H groups in total. The summed E-state index contributed by atoms with van der Waals surface area (Å²) in [4.78, 5) is 22.2. The van der Waals surface area contributed by atoms with Crippen LogP contribution in [0.15, 0.2) is 12.3 Å². The van der Waals surface area contributed by atoms with Crippen LogP contribution in [0.2, 0.25) is 0 Å². The Balaban J connectivity index is 0.000000239. The first-order valence-corrected chi connectivity index (χ1v) is 23.2. The topological polar surface area (TPSA) is 114 Å². The van der Waals surface area contributed by atoms with Crippen molar-refractivity contribution in [2.45, 2.75) is 58.9 Å². The van der Waals surface area contributed by atoms with Crippen molar-refractivity contribution in [1.82, 2.24) is 19.9 Å². The summed E-state index contributed by atoms with van der Waals surface area (Å²) in [6.07, 6.45) is 12.0. The van der Waals surface area contributed by atoms with Crippen LogP contribution in [0, 0.1) is 42.4 Å². The minimum atomic E-state index is -3.52. The number of piperidine rings is 2. The van der Waals surface area contributed by atoms with Gasteiger partial charge in [0, 0.05) is 66.8 Å². The summed E-state index contributed by atoms with van der Waals surface area (Å²) in [5.74, 6) is 6.80. The molecule has 4 aliphatic carbocycles. The fourth-order valence-electron chi connectivity index (χ4n) is 8.86. The zero-order chi connectivity index (χ0) is 38.9. The first kappa shape index (κ1) is 47.3. The molecule has 4 saturated carbocycles. The molecule has 10 rings (SSSR count). The van der Waals surface area contributed by atoms with Crippen LogP contribution in [-0.2, 0) is 21.3 Å². The molecule has 0 spiro atoms. The fraction of sp³-hybridized carbons (Fsp3) is 0.711. The number of aromatic nitrogens is 3. The van der Waals surface area contributed by atoms with Crippen LogP contribution in [0.25, 0.3) is 21.5 Å². The van der Waals surface area contributed by atoms with Crippen LogP contribution in [0.3, 0.4) is 0 Å². The van der Waals surface area contributed by atoms with Gasteiger partial charge in [-0.15, -0.1) is 22.9 Å². The van der Waals surface area contributed by atoms with Gasteiger partial charge in [-0.3, -0.25) is 18.3 Å². The molecular formula is C38H56BClF3KN7O4S2+. The minimum Gasteiger partial charge on any atom is -1.00 e. The molecule has 3 saturated heterocycles. The molecule has 3 aromatic rings. The largest absolute Gasteiger partial charge is 1.00 e. The van der Waals surface area contributed by atoms with E-state index in [2.05, 4.69) is 45.0 Å². The average molecular weight is 881 g/mol. The number of halogens is 4. The predicted molar refractivity (Wildman–Crippen MR) is 217 cm³/mol. The van der Waals surface area contributed by atoms with Gasteiger partial charge in [-0.2, -0.15) is 0 Å². The van der Waals surface area contributed by atoms with Crippen molar-refractivity contribution >= 4 is 62.1 Å². The van der Waals surface area contributed by atoms with E-state index < -0.39 is 23.1 Å². The molecule has 3 aromatic heterocycles. The first-order valence-electron chi connectivity index (χ1n) is 20.0. The van der Waals surface area contributed by atoms with Gasteiger partial charge in [-0.25, -0.2) is 23.4 Å². The number of fused-ring (bicyclic) bond motifs is 4. The maximum absolute atomic E-state index is 12.0. The van der Waals surface area contributed by atoms with E-state index in [4.69, 9.17) is 19.4 Å². The molecule has 3 aliphatic heterocycles. The summed E-state index contributed by atoms with van der Waals surface area (Å²) < 4.78 is 59.6. The van der Waals surface area contributed by atoms with Gasteiger partial charge in [-0.1, -0.05) is 19.3 Å². The van der Waals surface area contributed by atoms with Gasteiger partial charge in [-0.05, 0) is 62.8 Å². The van der Waals surface area contributed by atoms with Crippen molar-refractivity contribution in [3.63, 3.8) is 0 Å². The Hall–Kier alpha value is -0.799. The van der Waals surface area contributed by atoms with Gasteiger partial charge in [0.2, 0.25) is 21.9 Å². The van der Waals surface area contributed by atoms with E-state index in [9.17, 15) is 17.0 Å². The Kier molecular flexibility index (Phi) is 17.3. The first-order chi connectivity index (χ1) is 26.4. The molecule has 7 aliphatic rings. The standard InChI is InChI=1S/C24H30N6O4S2.C7H13N.C6H10.CH2BClF2.FH.K/c1-14-18(13-29-11-16-8-17(16)12-29)21-22(35-14)20(26-24(27-21)30-4-6-34-7-5-30)15-9-19(28-36(3,31)32)23(33-2)25-10-15;1-2-8-4-6-3-7(6)5-8;1-2-5-4-6(5)3-1;3-1-2(4)5;;/h9-10,16-17,28H,4-8,11-13H2,1-3H3;6-7H,2-5H2,1H3;5-6H,1-4H2;1H2;1H;/q;;;;;+1. The van der Waals surface area contributed by atoms with E-state index in [1.807, 2.05) is 4.90 Å². The summed E-state index contributed by atoms with van der Waals surface area (Å²) in [5.41, 5.74) is 3.96. The van der Waals surface area contributed by atoms with Gasteiger partial charge in [0.05, 0.1) is 67.9 Å². The molecule has 57 heavy (non-hydrogen) atoms. The number of morpholine rings is 1. The van der Waals surface area contributed by atoms with Crippen LogP contribution in [0.4, 0.5) is 20.3 Å². The molecular weight excluding hydrogens is 825 g/mol. The van der Waals surface area contributed by atoms with Crippen molar-refractivity contribution < 1.29 is 87.5 Å². The second kappa shape index (κ2) is 20.8. The monoisotopic (exact) mass is 880 g/mol. The SMILES string of the molecule is C1CC2CC2C1.CC[NH+]1CC2CC2C1.COc1ncc(-c2nc(N3CCOCC3)nc3c(CN4CC5CC5C4)c(C)sc23)cc1NS(C)(=O)=O.FB(F)CCl.[F-].[K+]. The third-order valence-electron chi connectivity index (χ3n) is 12.2. The van der Waals surface area contributed by atoms with Gasteiger partial charge in [0.1, 0.15) is 5.69 Å². The number of nitrogens with zero attached hydrogens (tertiary/aromatic N) is 5. The number of likely N-dealkylation sites (tertiary alicyclic amines) is 2. The Morgan fingerprint density at radius 1 is 1.05 bits per heavy atom. The summed E-state index contributed by atoms with van der Waals surface area (Å²) in [7, 11) is -4.41. The Labute approximate surface area is 387 Å². The van der Waals surface area contributed by atoms with Crippen LogP contribution in [0.1, 0.15) is 55.9 Å². The Morgan fingerprint density at radius 3 is 2.18 bits per heavy atom. The molecule has 310 valence electrons. The maximum atomic E-state index is 12.0. The van der Waals surface area contributed by atoms with Crippen LogP contribution in [0.5, 0.6) is 5.88 Å². The summed E-state index contributed by atoms with van der Waals surface area (Å²) in [5, 5.41) is 0. The van der Waals surface area contributed by atoms with Crippen molar-refractivity contribution in [1.29, 1.82) is 0 Å². The van der Waals surface area contributed by atoms with Gasteiger partial charge in [0.15, 0.2) is 0 Å². The number of hydrogen-bond acceptors (Lipinski definition) is 10. The third kappa shape index (κ3) is 12.6. The smallest absolute Gasteiger partial charge is 1.00 e. The molecule has 0 amide bonds. The minimum absolute atomic E-state index is 0. The summed E-state index contributed by atoms with van der Waals surface area (Å²) in [6, 6.07) is 1.74. The van der Waals surface area contributed by atoms with E-state index in [0.717, 1.165) is 65.5 Å². The van der Waals surface area contributed by atoms with Crippen molar-refractivity contribution in [3.8, 4) is 17.1 Å². The van der Waals surface area contributed by atoms with E-state index >= 15 is 0 Å². The van der Waals surface area contributed by atoms with E-state index in [1.54, 1.807) is 49.3 Å². The number of hydrogen-bond donors (Lipinski definition) is 2. The predicted octanol–water partition coefficient (Wildman–Crippen LogP) is -0.723. The van der Waals surface area contributed by atoms with E-state index in [-0.39, 0.29) is 67.7 Å². The molecule has 6 unspecified atom stereocenters. The molecule has 6 heterocycles. The number of thiophene rings is 1. The fourth-order valence-corrected chi connectivity index (χ4v) is 10.5. The number of ether oxygens (including phenoxy) is 2. The molecule has 0 radical (unpaired) electrons. The zero-order valence-electron chi connectivity index (χ0n) is 33.9. The molecule has 19 heteroatoms. The van der Waals surface area contributed by atoms with Crippen LogP contribution in [-0.4, -0.2) is 114 Å². The van der Waals surface area contributed by atoms with E-state index in [1.165, 1.54) is 75.0 Å². The van der Waals surface area contributed by atoms with Gasteiger partial charge >= 0.3 is 58.7 Å². The summed E-state index contributed by atoms with van der Waals surface area (Å²) in [6.45, 7) is 14.7. The number of quaternary nitrogens is 1. The number of sulfonamides is 1. The van der Waals surface area contributed by atoms with Crippen molar-refractivity contribution in [2.24, 2.45) is 35.5 Å². The molecule has 7 fully saturated rings. The molecule has 0 bridgehead atoms. The zero-order valence-corrected chi connectivity index (χ0v) is 39.4. The van der Waals surface area contributed by atoms with E-state index in [0.29, 0.717) is 24.7 Å². The molecule has 6 atom stereocenters. The molecule has 0 aromatic carbocycles. The van der Waals surface area contributed by atoms with Crippen molar-refractivity contribution in [2.75, 3.05) is 87.8 Å². The Morgan fingerprint density at radius 2 is 1.67 bits per heavy atom. The number of methoxy groups -OCH3 is 1. The quantitative estimate of drug-likeness (QED) is 0.213. The number of anilines is 2. The van der Waals surface area contributed by atoms with Crippen molar-refractivity contribution in [3.05, 3.63) is 22.7 Å². The third-order valence-corrected chi connectivity index (χ3v) is 14.1. The van der Waals surface area contributed by atoms with Crippen LogP contribution < -0.4 is 75.3 Å². The van der Waals surface area contributed by atoms with Gasteiger partial charge in [0.25, 0.3) is 0 Å². The maximum Gasteiger partial charge on any atom is 1.00 e. The normalized spacial score (nSPS) is 27.4. The van der Waals surface area contributed by atoms with Crippen LogP contribution >= 0.6 is 22.9 Å². The second-order valence-electron chi connectivity index (χ2n) is 16.4. The Bertz CT molecular complexity index is 1890. The average Bonchev–Trinajstić information content (AvgIpc) is 4.10. The number of alkyl halides is 1. The van der Waals surface area contributed by atoms with Gasteiger partial charge < -0.3 is 24.0 Å².